The zero-order valence-electron chi connectivity index (χ0n) is 13.0. The van der Waals surface area contributed by atoms with Gasteiger partial charge in [-0.25, -0.2) is 4.68 Å². The fraction of sp³-hybridized carbons (Fsp3) is 0.412. The summed E-state index contributed by atoms with van der Waals surface area (Å²) in [6.45, 7) is 1.95. The van der Waals surface area contributed by atoms with Gasteiger partial charge in [0, 0.05) is 11.7 Å². The highest BCUT2D eigenvalue weighted by Crippen LogP contribution is 2.19. The summed E-state index contributed by atoms with van der Waals surface area (Å²) < 4.78 is 6.94. The number of hydrogen-bond acceptors (Lipinski definition) is 3. The first-order valence-corrected chi connectivity index (χ1v) is 7.69. The monoisotopic (exact) mass is 299 g/mol. The third-order valence-electron chi connectivity index (χ3n) is 4.13. The highest BCUT2D eigenvalue weighted by Gasteiger charge is 2.20. The fourth-order valence-corrected chi connectivity index (χ4v) is 2.90. The van der Waals surface area contributed by atoms with E-state index in [1.165, 1.54) is 12.8 Å². The Morgan fingerprint density at radius 2 is 1.95 bits per heavy atom. The summed E-state index contributed by atoms with van der Waals surface area (Å²) in [6.07, 6.45) is 4.54. The molecule has 0 radical (unpaired) electrons. The van der Waals surface area contributed by atoms with Crippen molar-refractivity contribution >= 4 is 5.91 Å². The molecule has 0 saturated heterocycles. The minimum absolute atomic E-state index is 0.0812. The van der Waals surface area contributed by atoms with Crippen molar-refractivity contribution in [3.05, 3.63) is 41.7 Å². The first-order chi connectivity index (χ1) is 10.7. The zero-order valence-corrected chi connectivity index (χ0v) is 13.0. The molecule has 1 saturated carbocycles. The summed E-state index contributed by atoms with van der Waals surface area (Å²) in [4.78, 5) is 12.3. The molecular formula is C17H21N3O2. The van der Waals surface area contributed by atoms with Gasteiger partial charge in [-0.2, -0.15) is 5.10 Å². The number of hydrogen-bond donors (Lipinski definition) is 1. The standard InChI is InChI=1S/C17H21N3O2/c1-12-11-16(17(21)18-13-5-3-4-6-13)19-20(12)14-7-9-15(22-2)10-8-14/h7-11,13H,3-6H2,1-2H3,(H,18,21). The van der Waals surface area contributed by atoms with E-state index in [2.05, 4.69) is 10.4 Å². The molecule has 0 aliphatic heterocycles. The van der Waals surface area contributed by atoms with E-state index in [-0.39, 0.29) is 5.91 Å². The van der Waals surface area contributed by atoms with Crippen molar-refractivity contribution < 1.29 is 9.53 Å². The maximum atomic E-state index is 12.3. The highest BCUT2D eigenvalue weighted by molar-refractivity contribution is 5.92. The van der Waals surface area contributed by atoms with Gasteiger partial charge in [0.1, 0.15) is 5.75 Å². The average Bonchev–Trinajstić information content (AvgIpc) is 3.17. The lowest BCUT2D eigenvalue weighted by Gasteiger charge is -2.10. The molecule has 1 aliphatic carbocycles. The van der Waals surface area contributed by atoms with Crippen LogP contribution in [-0.4, -0.2) is 28.8 Å². The van der Waals surface area contributed by atoms with Crippen molar-refractivity contribution in [1.29, 1.82) is 0 Å². The van der Waals surface area contributed by atoms with E-state index in [0.29, 0.717) is 11.7 Å². The molecule has 1 fully saturated rings. The van der Waals surface area contributed by atoms with Crippen molar-refractivity contribution in [3.63, 3.8) is 0 Å². The molecule has 3 rings (SSSR count). The molecule has 5 heteroatoms. The first kappa shape index (κ1) is 14.6. The number of amides is 1. The largest absolute Gasteiger partial charge is 0.497 e. The molecule has 5 nitrogen and oxygen atoms in total. The van der Waals surface area contributed by atoms with E-state index in [0.717, 1.165) is 30.0 Å². The van der Waals surface area contributed by atoms with E-state index in [4.69, 9.17) is 4.74 Å². The van der Waals surface area contributed by atoms with E-state index in [1.807, 2.05) is 37.3 Å². The number of aryl methyl sites for hydroxylation is 1. The molecule has 1 aromatic carbocycles. The van der Waals surface area contributed by atoms with Gasteiger partial charge in [0.2, 0.25) is 0 Å². The van der Waals surface area contributed by atoms with Crippen LogP contribution in [0, 0.1) is 6.92 Å². The Balaban J connectivity index is 1.78. The second-order valence-electron chi connectivity index (χ2n) is 5.74. The number of carbonyl (C=O) groups is 1. The van der Waals surface area contributed by atoms with Crippen LogP contribution < -0.4 is 10.1 Å². The van der Waals surface area contributed by atoms with Crippen LogP contribution in [0.25, 0.3) is 5.69 Å². The molecule has 1 heterocycles. The van der Waals surface area contributed by atoms with Crippen LogP contribution in [0.15, 0.2) is 30.3 Å². The first-order valence-electron chi connectivity index (χ1n) is 7.69. The summed E-state index contributed by atoms with van der Waals surface area (Å²) in [5.41, 5.74) is 2.32. The van der Waals surface area contributed by atoms with Crippen LogP contribution in [0.4, 0.5) is 0 Å². The molecule has 0 spiro atoms. The van der Waals surface area contributed by atoms with E-state index in [9.17, 15) is 4.79 Å². The third kappa shape index (κ3) is 2.98. The number of carbonyl (C=O) groups excluding carboxylic acids is 1. The molecule has 0 bridgehead atoms. The fourth-order valence-electron chi connectivity index (χ4n) is 2.90. The lowest BCUT2D eigenvalue weighted by molar-refractivity contribution is 0.0932. The molecule has 2 aromatic rings. The topological polar surface area (TPSA) is 56.2 Å². The van der Waals surface area contributed by atoms with E-state index < -0.39 is 0 Å². The molecule has 1 N–H and O–H groups in total. The Kier molecular flexibility index (Phi) is 4.13. The SMILES string of the molecule is COc1ccc(-n2nc(C(=O)NC3CCCC3)cc2C)cc1. The van der Waals surface area contributed by atoms with Gasteiger partial charge in [-0.15, -0.1) is 0 Å². The van der Waals surface area contributed by atoms with Crippen molar-refractivity contribution in [1.82, 2.24) is 15.1 Å². The van der Waals surface area contributed by atoms with Crippen LogP contribution in [0.3, 0.4) is 0 Å². The van der Waals surface area contributed by atoms with Crippen LogP contribution >= 0.6 is 0 Å². The lowest BCUT2D eigenvalue weighted by Crippen LogP contribution is -2.32. The van der Waals surface area contributed by atoms with Gasteiger partial charge in [0.25, 0.3) is 5.91 Å². The summed E-state index contributed by atoms with van der Waals surface area (Å²) in [5, 5.41) is 7.51. The quantitative estimate of drug-likeness (QED) is 0.944. The number of rotatable bonds is 4. The van der Waals surface area contributed by atoms with E-state index >= 15 is 0 Å². The molecule has 116 valence electrons. The van der Waals surface area contributed by atoms with Gasteiger partial charge >= 0.3 is 0 Å². The van der Waals surface area contributed by atoms with Gasteiger partial charge in [-0.05, 0) is 50.1 Å². The number of methoxy groups -OCH3 is 1. The van der Waals surface area contributed by atoms with Crippen LogP contribution in [0.1, 0.15) is 41.9 Å². The highest BCUT2D eigenvalue weighted by atomic mass is 16.5. The smallest absolute Gasteiger partial charge is 0.272 e. The molecule has 22 heavy (non-hydrogen) atoms. The minimum Gasteiger partial charge on any atom is -0.497 e. The molecule has 1 amide bonds. The number of benzene rings is 1. The van der Waals surface area contributed by atoms with Gasteiger partial charge in [-0.3, -0.25) is 4.79 Å². The predicted molar refractivity (Wildman–Crippen MR) is 84.6 cm³/mol. The van der Waals surface area contributed by atoms with E-state index in [1.54, 1.807) is 11.8 Å². The molecule has 1 aromatic heterocycles. The van der Waals surface area contributed by atoms with Crippen LogP contribution in [0.2, 0.25) is 0 Å². The molecule has 1 aliphatic rings. The number of nitrogens with zero attached hydrogens (tertiary/aromatic N) is 2. The Morgan fingerprint density at radius 1 is 1.27 bits per heavy atom. The van der Waals surface area contributed by atoms with Gasteiger partial charge < -0.3 is 10.1 Å². The summed E-state index contributed by atoms with van der Waals surface area (Å²) in [7, 11) is 1.64. The Bertz CT molecular complexity index is 655. The average molecular weight is 299 g/mol. The van der Waals surface area contributed by atoms with Crippen LogP contribution in [-0.2, 0) is 0 Å². The van der Waals surface area contributed by atoms with Crippen molar-refractivity contribution in [2.24, 2.45) is 0 Å². The summed E-state index contributed by atoms with van der Waals surface area (Å²) in [5.74, 6) is 0.718. The normalized spacial score (nSPS) is 15.0. The lowest BCUT2D eigenvalue weighted by atomic mass is 10.2. The third-order valence-corrected chi connectivity index (χ3v) is 4.13. The van der Waals surface area contributed by atoms with Crippen molar-refractivity contribution in [2.45, 2.75) is 38.6 Å². The zero-order chi connectivity index (χ0) is 15.5. The number of aromatic nitrogens is 2. The van der Waals surface area contributed by atoms with Crippen LogP contribution in [0.5, 0.6) is 5.75 Å². The Hall–Kier alpha value is -2.30. The predicted octanol–water partition coefficient (Wildman–Crippen LogP) is 2.86. The number of ether oxygens (including phenoxy) is 1. The Labute approximate surface area is 130 Å². The number of nitrogens with one attached hydrogen (secondary N) is 1. The molecular weight excluding hydrogens is 278 g/mol. The van der Waals surface area contributed by atoms with Gasteiger partial charge in [0.05, 0.1) is 12.8 Å². The summed E-state index contributed by atoms with van der Waals surface area (Å²) in [6, 6.07) is 9.76. The minimum atomic E-state index is -0.0812. The van der Waals surface area contributed by atoms with Crippen molar-refractivity contribution in [3.8, 4) is 11.4 Å². The maximum absolute atomic E-state index is 12.3. The second-order valence-corrected chi connectivity index (χ2v) is 5.74. The van der Waals surface area contributed by atoms with Crippen molar-refractivity contribution in [2.75, 3.05) is 7.11 Å². The molecule has 0 atom stereocenters. The maximum Gasteiger partial charge on any atom is 0.272 e. The second kappa shape index (κ2) is 6.22. The summed E-state index contributed by atoms with van der Waals surface area (Å²) >= 11 is 0. The Morgan fingerprint density at radius 3 is 2.59 bits per heavy atom. The van der Waals surface area contributed by atoms with Gasteiger partial charge in [0.15, 0.2) is 5.69 Å². The molecule has 0 unspecified atom stereocenters. The van der Waals surface area contributed by atoms with Gasteiger partial charge in [-0.1, -0.05) is 12.8 Å².